The first kappa shape index (κ1) is 15.8. The molecule has 0 aliphatic carbocycles. The predicted octanol–water partition coefficient (Wildman–Crippen LogP) is 0.963. The summed E-state index contributed by atoms with van der Waals surface area (Å²) in [6.45, 7) is 2.70. The zero-order valence-corrected chi connectivity index (χ0v) is 12.7. The van der Waals surface area contributed by atoms with Gasteiger partial charge in [-0.25, -0.2) is 4.79 Å². The molecule has 2 unspecified atom stereocenters. The van der Waals surface area contributed by atoms with Gasteiger partial charge in [-0.1, -0.05) is 6.07 Å². The van der Waals surface area contributed by atoms with Gasteiger partial charge in [-0.15, -0.1) is 11.3 Å². The number of carbonyl (C=O) groups is 2. The molecule has 21 heavy (non-hydrogen) atoms. The van der Waals surface area contributed by atoms with Gasteiger partial charge in [0, 0.05) is 11.4 Å². The summed E-state index contributed by atoms with van der Waals surface area (Å²) in [6, 6.07) is 2.81. The van der Waals surface area contributed by atoms with E-state index in [0.717, 1.165) is 30.8 Å². The summed E-state index contributed by atoms with van der Waals surface area (Å²) in [5.74, 6) is 0.430. The topological polar surface area (TPSA) is 96.2 Å². The zero-order chi connectivity index (χ0) is 15.1. The van der Waals surface area contributed by atoms with Crippen molar-refractivity contribution in [3.05, 3.63) is 22.4 Å². The number of amides is 3. The quantitative estimate of drug-likeness (QED) is 0.630. The molecule has 3 amide bonds. The molecule has 0 radical (unpaired) electrons. The van der Waals surface area contributed by atoms with Crippen LogP contribution in [0.4, 0.5) is 4.79 Å². The molecule has 0 aromatic carbocycles. The lowest BCUT2D eigenvalue weighted by Crippen LogP contribution is -2.40. The summed E-state index contributed by atoms with van der Waals surface area (Å²) in [5.41, 5.74) is 5.18. The minimum absolute atomic E-state index is 0.0623. The van der Waals surface area contributed by atoms with E-state index < -0.39 is 6.03 Å². The molecule has 1 aliphatic rings. The van der Waals surface area contributed by atoms with Gasteiger partial charge >= 0.3 is 6.03 Å². The van der Waals surface area contributed by atoms with Crippen LogP contribution < -0.4 is 21.7 Å². The molecule has 0 saturated carbocycles. The second-order valence-corrected chi connectivity index (χ2v) is 6.28. The lowest BCUT2D eigenvalue weighted by molar-refractivity contribution is -0.121. The monoisotopic (exact) mass is 310 g/mol. The summed E-state index contributed by atoms with van der Waals surface area (Å²) in [6.07, 6.45) is 2.51. The minimum Gasteiger partial charge on any atom is -0.356 e. The number of hydrogen-bond donors (Lipinski definition) is 4. The van der Waals surface area contributed by atoms with E-state index in [2.05, 4.69) is 16.0 Å². The van der Waals surface area contributed by atoms with E-state index >= 15 is 0 Å². The molecule has 1 saturated heterocycles. The van der Waals surface area contributed by atoms with Gasteiger partial charge in [-0.2, -0.15) is 0 Å². The summed E-state index contributed by atoms with van der Waals surface area (Å²) in [4.78, 5) is 24.1. The maximum Gasteiger partial charge on any atom is 0.312 e. The van der Waals surface area contributed by atoms with Crippen molar-refractivity contribution in [3.8, 4) is 0 Å². The van der Waals surface area contributed by atoms with Crippen LogP contribution in [0, 0.1) is 5.92 Å². The number of thiophene rings is 1. The smallest absolute Gasteiger partial charge is 0.312 e. The van der Waals surface area contributed by atoms with Gasteiger partial charge in [0.05, 0.1) is 12.5 Å². The van der Waals surface area contributed by atoms with Crippen LogP contribution in [0.5, 0.6) is 0 Å². The summed E-state index contributed by atoms with van der Waals surface area (Å²) >= 11 is 1.50. The van der Waals surface area contributed by atoms with E-state index in [4.69, 9.17) is 5.73 Å². The molecule has 5 N–H and O–H groups in total. The standard InChI is InChI=1S/C14H22N4O2S/c15-14(20)18-11(12-4-2-6-21-12)7-13(19)17-9-10-3-1-5-16-8-10/h2,4,6,10-11,16H,1,3,5,7-9H2,(H,17,19)(H3,15,18,20). The minimum atomic E-state index is -0.613. The number of primary amides is 1. The normalized spacial score (nSPS) is 19.7. The second kappa shape index (κ2) is 7.99. The lowest BCUT2D eigenvalue weighted by Gasteiger charge is -2.23. The van der Waals surface area contributed by atoms with Gasteiger partial charge in [0.15, 0.2) is 0 Å². The Morgan fingerprint density at radius 1 is 1.52 bits per heavy atom. The first-order valence-electron chi connectivity index (χ1n) is 7.22. The third-order valence-corrected chi connectivity index (χ3v) is 4.57. The molecule has 0 bridgehead atoms. The van der Waals surface area contributed by atoms with E-state index in [1.165, 1.54) is 11.3 Å². The van der Waals surface area contributed by atoms with Crippen LogP contribution in [0.2, 0.25) is 0 Å². The van der Waals surface area contributed by atoms with E-state index in [9.17, 15) is 9.59 Å². The molecule has 1 aromatic rings. The Kier molecular flexibility index (Phi) is 6.01. The Hall–Kier alpha value is -1.60. The fourth-order valence-corrected chi connectivity index (χ4v) is 3.28. The molecule has 2 rings (SSSR count). The van der Waals surface area contributed by atoms with Crippen LogP contribution in [-0.2, 0) is 4.79 Å². The Labute approximate surface area is 128 Å². The van der Waals surface area contributed by atoms with Crippen molar-refractivity contribution < 1.29 is 9.59 Å². The maximum absolute atomic E-state index is 12.1. The van der Waals surface area contributed by atoms with Crippen LogP contribution in [-0.4, -0.2) is 31.6 Å². The second-order valence-electron chi connectivity index (χ2n) is 5.30. The van der Waals surface area contributed by atoms with Gasteiger partial charge in [0.2, 0.25) is 5.91 Å². The Bertz CT molecular complexity index is 458. The van der Waals surface area contributed by atoms with E-state index in [0.29, 0.717) is 12.5 Å². The number of nitrogens with two attached hydrogens (primary N) is 1. The molecule has 0 spiro atoms. The SMILES string of the molecule is NC(=O)NC(CC(=O)NCC1CCCNC1)c1cccs1. The van der Waals surface area contributed by atoms with Crippen molar-refractivity contribution in [1.29, 1.82) is 0 Å². The Balaban J connectivity index is 1.81. The van der Waals surface area contributed by atoms with E-state index in [-0.39, 0.29) is 18.4 Å². The van der Waals surface area contributed by atoms with Gasteiger partial charge in [0.25, 0.3) is 0 Å². The molecule has 116 valence electrons. The molecular weight excluding hydrogens is 288 g/mol. The van der Waals surface area contributed by atoms with Gasteiger partial charge in [0.1, 0.15) is 0 Å². The predicted molar refractivity (Wildman–Crippen MR) is 83.0 cm³/mol. The molecule has 1 fully saturated rings. The highest BCUT2D eigenvalue weighted by molar-refractivity contribution is 7.10. The van der Waals surface area contributed by atoms with Crippen LogP contribution in [0.15, 0.2) is 17.5 Å². The van der Waals surface area contributed by atoms with Crippen molar-refractivity contribution in [1.82, 2.24) is 16.0 Å². The highest BCUT2D eigenvalue weighted by Crippen LogP contribution is 2.21. The third-order valence-electron chi connectivity index (χ3n) is 3.58. The van der Waals surface area contributed by atoms with E-state index in [1.54, 1.807) is 0 Å². The van der Waals surface area contributed by atoms with Crippen LogP contribution in [0.3, 0.4) is 0 Å². The molecule has 1 aromatic heterocycles. The molecule has 6 nitrogen and oxygen atoms in total. The highest BCUT2D eigenvalue weighted by atomic mass is 32.1. The average molecular weight is 310 g/mol. The number of carbonyl (C=O) groups excluding carboxylic acids is 2. The number of nitrogens with one attached hydrogen (secondary N) is 3. The van der Waals surface area contributed by atoms with Crippen molar-refractivity contribution in [2.45, 2.75) is 25.3 Å². The largest absolute Gasteiger partial charge is 0.356 e. The average Bonchev–Trinajstić information content (AvgIpc) is 2.99. The van der Waals surface area contributed by atoms with Crippen molar-refractivity contribution in [2.24, 2.45) is 11.7 Å². The number of piperidine rings is 1. The lowest BCUT2D eigenvalue weighted by atomic mass is 9.99. The first-order valence-corrected chi connectivity index (χ1v) is 8.10. The highest BCUT2D eigenvalue weighted by Gasteiger charge is 2.19. The van der Waals surface area contributed by atoms with Gasteiger partial charge in [-0.05, 0) is 43.3 Å². The Morgan fingerprint density at radius 3 is 3.00 bits per heavy atom. The number of urea groups is 1. The molecule has 7 heteroatoms. The molecular formula is C14H22N4O2S. The van der Waals surface area contributed by atoms with Crippen molar-refractivity contribution >= 4 is 23.3 Å². The van der Waals surface area contributed by atoms with Gasteiger partial charge in [-0.3, -0.25) is 4.79 Å². The van der Waals surface area contributed by atoms with Crippen LogP contribution in [0.1, 0.15) is 30.2 Å². The van der Waals surface area contributed by atoms with Crippen molar-refractivity contribution in [2.75, 3.05) is 19.6 Å². The number of hydrogen-bond acceptors (Lipinski definition) is 4. The number of rotatable bonds is 6. The maximum atomic E-state index is 12.1. The zero-order valence-electron chi connectivity index (χ0n) is 11.9. The van der Waals surface area contributed by atoms with Crippen LogP contribution >= 0.6 is 11.3 Å². The fourth-order valence-electron chi connectivity index (χ4n) is 2.50. The molecule has 1 aliphatic heterocycles. The summed E-state index contributed by atoms with van der Waals surface area (Å²) in [7, 11) is 0. The summed E-state index contributed by atoms with van der Waals surface area (Å²) < 4.78 is 0. The van der Waals surface area contributed by atoms with Crippen LogP contribution in [0.25, 0.3) is 0 Å². The van der Waals surface area contributed by atoms with Gasteiger partial charge < -0.3 is 21.7 Å². The van der Waals surface area contributed by atoms with E-state index in [1.807, 2.05) is 17.5 Å². The van der Waals surface area contributed by atoms with Crippen molar-refractivity contribution in [3.63, 3.8) is 0 Å². The summed E-state index contributed by atoms with van der Waals surface area (Å²) in [5, 5.41) is 10.8. The Morgan fingerprint density at radius 2 is 2.38 bits per heavy atom. The molecule has 2 atom stereocenters. The molecule has 2 heterocycles. The third kappa shape index (κ3) is 5.35. The first-order chi connectivity index (χ1) is 10.1. The fraction of sp³-hybridized carbons (Fsp3) is 0.571.